The van der Waals surface area contributed by atoms with Crippen molar-refractivity contribution in [3.05, 3.63) is 133 Å². The van der Waals surface area contributed by atoms with Gasteiger partial charge in [0.25, 0.3) is 5.56 Å². The predicted molar refractivity (Wildman–Crippen MR) is 162 cm³/mol. The van der Waals surface area contributed by atoms with Gasteiger partial charge in [0.15, 0.2) is 0 Å². The van der Waals surface area contributed by atoms with Gasteiger partial charge in [0.05, 0.1) is 30.3 Å². The highest BCUT2D eigenvalue weighted by Crippen LogP contribution is 2.33. The van der Waals surface area contributed by atoms with Crippen molar-refractivity contribution in [3.8, 4) is 6.07 Å². The second kappa shape index (κ2) is 13.1. The van der Waals surface area contributed by atoms with Crippen molar-refractivity contribution >= 4 is 5.69 Å². The van der Waals surface area contributed by atoms with E-state index >= 15 is 0 Å². The molecular formula is C33H32F4N6O2. The highest BCUT2D eigenvalue weighted by Gasteiger charge is 2.35. The normalized spacial score (nSPS) is 14.7. The lowest BCUT2D eigenvalue weighted by atomic mass is 10.1. The molecule has 1 aromatic heterocycles. The number of anilines is 1. The van der Waals surface area contributed by atoms with Gasteiger partial charge in [0.2, 0.25) is 0 Å². The summed E-state index contributed by atoms with van der Waals surface area (Å²) in [5, 5.41) is 9.05. The zero-order valence-corrected chi connectivity index (χ0v) is 24.6. The maximum atomic E-state index is 14.9. The first-order valence-corrected chi connectivity index (χ1v) is 14.4. The van der Waals surface area contributed by atoms with Gasteiger partial charge in [-0.1, -0.05) is 48.5 Å². The number of halogens is 4. The molecule has 0 bridgehead atoms. The minimum Gasteiger partial charge on any atom is -0.363 e. The Bertz CT molecular complexity index is 1820. The van der Waals surface area contributed by atoms with Crippen molar-refractivity contribution in [2.24, 2.45) is 5.73 Å². The third-order valence-electron chi connectivity index (χ3n) is 8.18. The van der Waals surface area contributed by atoms with Gasteiger partial charge >= 0.3 is 11.9 Å². The molecule has 0 radical (unpaired) electrons. The lowest BCUT2D eigenvalue weighted by Gasteiger charge is -2.37. The molecule has 1 atom stereocenters. The molecule has 0 saturated carbocycles. The fraction of sp³-hybridized carbons (Fsp3) is 0.303. The van der Waals surface area contributed by atoms with Crippen LogP contribution in [0.4, 0.5) is 23.2 Å². The first-order chi connectivity index (χ1) is 21.5. The molecule has 1 saturated heterocycles. The molecule has 4 aromatic rings. The molecule has 1 aliphatic rings. The second-order valence-electron chi connectivity index (χ2n) is 11.1. The van der Waals surface area contributed by atoms with Crippen LogP contribution in [0.25, 0.3) is 0 Å². The highest BCUT2D eigenvalue weighted by atomic mass is 19.4. The van der Waals surface area contributed by atoms with Gasteiger partial charge in [-0.3, -0.25) is 18.8 Å². The molecule has 234 valence electrons. The van der Waals surface area contributed by atoms with E-state index in [0.717, 1.165) is 32.9 Å². The van der Waals surface area contributed by atoms with Crippen LogP contribution >= 0.6 is 0 Å². The van der Waals surface area contributed by atoms with Crippen molar-refractivity contribution in [1.29, 1.82) is 5.26 Å². The number of alkyl halides is 3. The maximum absolute atomic E-state index is 14.9. The van der Waals surface area contributed by atoms with E-state index in [1.54, 1.807) is 42.5 Å². The van der Waals surface area contributed by atoms with Crippen molar-refractivity contribution in [3.63, 3.8) is 0 Å². The van der Waals surface area contributed by atoms with Crippen LogP contribution in [-0.4, -0.2) is 40.2 Å². The topological polar surface area (TPSA) is 100 Å². The summed E-state index contributed by atoms with van der Waals surface area (Å²) in [6.07, 6.45) is -4.85. The first kappa shape index (κ1) is 31.7. The summed E-state index contributed by atoms with van der Waals surface area (Å²) in [6.45, 7) is 3.11. The smallest absolute Gasteiger partial charge is 0.363 e. The quantitative estimate of drug-likeness (QED) is 0.293. The van der Waals surface area contributed by atoms with Gasteiger partial charge in [-0.05, 0) is 42.3 Å². The molecular weight excluding hydrogens is 588 g/mol. The van der Waals surface area contributed by atoms with Crippen LogP contribution in [0.1, 0.15) is 39.6 Å². The third-order valence-corrected chi connectivity index (χ3v) is 8.18. The lowest BCUT2D eigenvalue weighted by Crippen LogP contribution is -2.51. The zero-order valence-electron chi connectivity index (χ0n) is 24.6. The van der Waals surface area contributed by atoms with Gasteiger partial charge < -0.3 is 10.6 Å². The summed E-state index contributed by atoms with van der Waals surface area (Å²) < 4.78 is 58.5. The van der Waals surface area contributed by atoms with Crippen molar-refractivity contribution in [2.45, 2.75) is 38.8 Å². The highest BCUT2D eigenvalue weighted by molar-refractivity contribution is 5.50. The largest absolute Gasteiger partial charge is 0.416 e. The number of benzene rings is 3. The monoisotopic (exact) mass is 620 g/mol. The van der Waals surface area contributed by atoms with E-state index in [1.807, 2.05) is 17.0 Å². The molecule has 12 heteroatoms. The van der Waals surface area contributed by atoms with Gasteiger partial charge in [0, 0.05) is 50.0 Å². The maximum Gasteiger partial charge on any atom is 0.416 e. The minimum absolute atomic E-state index is 0.145. The number of aromatic nitrogens is 2. The summed E-state index contributed by atoms with van der Waals surface area (Å²) in [6, 6.07) is 20.1. The van der Waals surface area contributed by atoms with E-state index in [1.165, 1.54) is 6.92 Å². The van der Waals surface area contributed by atoms with E-state index in [9.17, 15) is 27.2 Å². The molecule has 2 N–H and O–H groups in total. The number of rotatable bonds is 8. The third kappa shape index (κ3) is 6.84. The van der Waals surface area contributed by atoms with Gasteiger partial charge in [0.1, 0.15) is 11.5 Å². The van der Waals surface area contributed by atoms with E-state index < -0.39 is 47.0 Å². The average Bonchev–Trinajstić information content (AvgIpc) is 3.03. The number of piperazine rings is 1. The molecule has 45 heavy (non-hydrogen) atoms. The molecule has 0 aliphatic carbocycles. The summed E-state index contributed by atoms with van der Waals surface area (Å²) in [7, 11) is 0. The van der Waals surface area contributed by atoms with E-state index in [4.69, 9.17) is 11.0 Å². The molecule has 1 aliphatic heterocycles. The van der Waals surface area contributed by atoms with E-state index in [-0.39, 0.29) is 17.9 Å². The SMILES string of the molecule is Cc1c(N2CCN(Cc3ccc(C#N)cc3)CC2)c(=O)n(C[C@H](N)c2ccccc2)c(=O)n1Cc1c(F)cccc1C(F)(F)F. The fourth-order valence-corrected chi connectivity index (χ4v) is 5.72. The van der Waals surface area contributed by atoms with E-state index in [2.05, 4.69) is 11.0 Å². The Morgan fingerprint density at radius 2 is 1.56 bits per heavy atom. The van der Waals surface area contributed by atoms with Crippen LogP contribution in [0.2, 0.25) is 0 Å². The zero-order chi connectivity index (χ0) is 32.3. The minimum atomic E-state index is -4.85. The molecule has 0 spiro atoms. The summed E-state index contributed by atoms with van der Waals surface area (Å²) in [5.74, 6) is -1.10. The van der Waals surface area contributed by atoms with Crippen molar-refractivity contribution in [2.75, 3.05) is 31.1 Å². The molecule has 3 aromatic carbocycles. The summed E-state index contributed by atoms with van der Waals surface area (Å²) >= 11 is 0. The van der Waals surface area contributed by atoms with Crippen LogP contribution in [0.3, 0.4) is 0 Å². The second-order valence-corrected chi connectivity index (χ2v) is 11.1. The Labute approximate surface area is 257 Å². The van der Waals surface area contributed by atoms with Crippen LogP contribution in [-0.2, 0) is 25.8 Å². The fourth-order valence-electron chi connectivity index (χ4n) is 5.72. The average molecular weight is 621 g/mol. The standard InChI is InChI=1S/C33H32F4N6O2/c1-22-30(41-16-14-40(15-17-41)19-24-12-10-23(18-38)11-13-24)31(44)43(21-29(39)25-6-3-2-4-7-25)32(45)42(22)20-26-27(33(35,36)37)8-5-9-28(26)34/h2-13,29H,14-17,19-21,39H2,1H3/t29-/m0/s1. The Kier molecular flexibility index (Phi) is 9.22. The van der Waals surface area contributed by atoms with Crippen LogP contribution in [0.15, 0.2) is 82.4 Å². The molecule has 1 fully saturated rings. The lowest BCUT2D eigenvalue weighted by molar-refractivity contribution is -0.138. The molecule has 0 amide bonds. The summed E-state index contributed by atoms with van der Waals surface area (Å²) in [4.78, 5) is 31.8. The van der Waals surface area contributed by atoms with Gasteiger partial charge in [-0.2, -0.15) is 18.4 Å². The molecule has 2 heterocycles. The first-order valence-electron chi connectivity index (χ1n) is 14.4. The number of nitrogens with two attached hydrogens (primary N) is 1. The Hall–Kier alpha value is -4.73. The van der Waals surface area contributed by atoms with E-state index in [0.29, 0.717) is 43.9 Å². The Morgan fingerprint density at radius 3 is 2.18 bits per heavy atom. The summed E-state index contributed by atoms with van der Waals surface area (Å²) in [5.41, 5.74) is 5.60. The van der Waals surface area contributed by atoms with Crippen LogP contribution in [0.5, 0.6) is 0 Å². The van der Waals surface area contributed by atoms with Crippen LogP contribution < -0.4 is 21.9 Å². The molecule has 0 unspecified atom stereocenters. The molecule has 8 nitrogen and oxygen atoms in total. The number of hydrogen-bond donors (Lipinski definition) is 1. The predicted octanol–water partition coefficient (Wildman–Crippen LogP) is 4.42. The number of hydrogen-bond acceptors (Lipinski definition) is 6. The van der Waals surface area contributed by atoms with Crippen LogP contribution in [0, 0.1) is 24.1 Å². The van der Waals surface area contributed by atoms with Crippen molar-refractivity contribution in [1.82, 2.24) is 14.0 Å². The Balaban J connectivity index is 1.52. The Morgan fingerprint density at radius 1 is 0.889 bits per heavy atom. The van der Waals surface area contributed by atoms with Gasteiger partial charge in [-0.15, -0.1) is 0 Å². The number of nitriles is 1. The van der Waals surface area contributed by atoms with Crippen molar-refractivity contribution < 1.29 is 17.6 Å². The van der Waals surface area contributed by atoms with Gasteiger partial charge in [-0.25, -0.2) is 9.18 Å². The number of nitrogens with zero attached hydrogens (tertiary/aromatic N) is 5. The molecule has 5 rings (SSSR count).